The maximum Gasteiger partial charge on any atom is 0.165 e. The summed E-state index contributed by atoms with van der Waals surface area (Å²) in [5.74, 6) is -0.399. The van der Waals surface area contributed by atoms with Crippen molar-refractivity contribution in [2.75, 3.05) is 0 Å². The van der Waals surface area contributed by atoms with Gasteiger partial charge in [0.1, 0.15) is 6.61 Å². The summed E-state index contributed by atoms with van der Waals surface area (Å²) in [6, 6.07) is 6.30. The number of nitrogens with zero attached hydrogens (tertiary/aromatic N) is 1. The van der Waals surface area contributed by atoms with Crippen molar-refractivity contribution in [1.82, 2.24) is 4.98 Å². The van der Waals surface area contributed by atoms with Crippen molar-refractivity contribution < 1.29 is 14.2 Å². The summed E-state index contributed by atoms with van der Waals surface area (Å²) in [7, 11) is 0. The summed E-state index contributed by atoms with van der Waals surface area (Å²) in [4.78, 5) is 3.99. The number of para-hydroxylation sites is 1. The molecular formula is C13H11BrFNO2. The molecular weight excluding hydrogens is 301 g/mol. The molecule has 0 aliphatic heterocycles. The van der Waals surface area contributed by atoms with Gasteiger partial charge >= 0.3 is 0 Å². The molecule has 18 heavy (non-hydrogen) atoms. The van der Waals surface area contributed by atoms with Gasteiger partial charge in [0.2, 0.25) is 0 Å². The van der Waals surface area contributed by atoms with Crippen LogP contribution in [0, 0.1) is 5.82 Å². The first-order chi connectivity index (χ1) is 8.70. The number of hydrogen-bond donors (Lipinski definition) is 1. The van der Waals surface area contributed by atoms with Crippen LogP contribution < -0.4 is 4.74 Å². The van der Waals surface area contributed by atoms with E-state index in [2.05, 4.69) is 20.9 Å². The van der Waals surface area contributed by atoms with Crippen LogP contribution in [0.15, 0.2) is 41.1 Å². The molecule has 1 aromatic carbocycles. The topological polar surface area (TPSA) is 42.4 Å². The zero-order chi connectivity index (χ0) is 13.0. The molecule has 0 unspecified atom stereocenters. The Kier molecular flexibility index (Phi) is 4.28. The smallest absolute Gasteiger partial charge is 0.165 e. The molecule has 0 aliphatic carbocycles. The largest absolute Gasteiger partial charge is 0.485 e. The summed E-state index contributed by atoms with van der Waals surface area (Å²) >= 11 is 3.30. The van der Waals surface area contributed by atoms with Crippen molar-refractivity contribution in [1.29, 1.82) is 0 Å². The normalized spacial score (nSPS) is 10.4. The van der Waals surface area contributed by atoms with Crippen molar-refractivity contribution in [3.63, 3.8) is 0 Å². The van der Waals surface area contributed by atoms with Crippen LogP contribution in [0.2, 0.25) is 0 Å². The fourth-order valence-corrected chi connectivity index (χ4v) is 1.94. The van der Waals surface area contributed by atoms with Crippen LogP contribution in [0.4, 0.5) is 4.39 Å². The molecule has 1 heterocycles. The van der Waals surface area contributed by atoms with Gasteiger partial charge in [-0.3, -0.25) is 4.98 Å². The van der Waals surface area contributed by atoms with Crippen molar-refractivity contribution in [2.24, 2.45) is 0 Å². The van der Waals surface area contributed by atoms with Crippen molar-refractivity contribution in [3.8, 4) is 5.75 Å². The predicted octanol–water partition coefficient (Wildman–Crippen LogP) is 3.05. The van der Waals surface area contributed by atoms with E-state index in [1.54, 1.807) is 18.5 Å². The highest BCUT2D eigenvalue weighted by Gasteiger charge is 2.09. The second-order valence-electron chi connectivity index (χ2n) is 3.69. The van der Waals surface area contributed by atoms with Gasteiger partial charge in [-0.2, -0.15) is 0 Å². The van der Waals surface area contributed by atoms with Crippen LogP contribution in [0.1, 0.15) is 11.1 Å². The van der Waals surface area contributed by atoms with Gasteiger partial charge in [0, 0.05) is 28.0 Å². The number of halogens is 2. The van der Waals surface area contributed by atoms with Crippen LogP contribution in [0.5, 0.6) is 5.75 Å². The van der Waals surface area contributed by atoms with Crippen LogP contribution in [0.3, 0.4) is 0 Å². The van der Waals surface area contributed by atoms with Gasteiger partial charge in [-0.05, 0) is 28.1 Å². The Bertz CT molecular complexity index is 548. The average molecular weight is 312 g/mol. The Morgan fingerprint density at radius 2 is 2.17 bits per heavy atom. The minimum Gasteiger partial charge on any atom is -0.485 e. The van der Waals surface area contributed by atoms with Crippen molar-refractivity contribution in [3.05, 3.63) is 58.1 Å². The summed E-state index contributed by atoms with van der Waals surface area (Å²) in [6.07, 6.45) is 3.30. The molecule has 0 saturated heterocycles. The molecule has 0 atom stereocenters. The van der Waals surface area contributed by atoms with E-state index in [1.165, 1.54) is 12.1 Å². The quantitative estimate of drug-likeness (QED) is 0.943. The maximum absolute atomic E-state index is 13.6. The second kappa shape index (κ2) is 5.93. The maximum atomic E-state index is 13.6. The van der Waals surface area contributed by atoms with Crippen LogP contribution in [-0.2, 0) is 13.2 Å². The minimum atomic E-state index is -0.482. The first kappa shape index (κ1) is 13.0. The van der Waals surface area contributed by atoms with Gasteiger partial charge < -0.3 is 9.84 Å². The number of hydrogen-bond acceptors (Lipinski definition) is 3. The SMILES string of the molecule is OCc1cccc(F)c1OCc1cncc(Br)c1. The molecule has 2 aromatic rings. The molecule has 5 heteroatoms. The lowest BCUT2D eigenvalue weighted by atomic mass is 10.2. The molecule has 94 valence electrons. The summed E-state index contributed by atoms with van der Waals surface area (Å²) < 4.78 is 19.8. The van der Waals surface area contributed by atoms with Gasteiger partial charge in [0.05, 0.1) is 6.61 Å². The predicted molar refractivity (Wildman–Crippen MR) is 68.6 cm³/mol. The number of aliphatic hydroxyl groups excluding tert-OH is 1. The van der Waals surface area contributed by atoms with Crippen LogP contribution in [0.25, 0.3) is 0 Å². The number of aliphatic hydroxyl groups is 1. The molecule has 0 aliphatic rings. The monoisotopic (exact) mass is 311 g/mol. The standard InChI is InChI=1S/C13H11BrFNO2/c14-11-4-9(5-16-6-11)8-18-13-10(7-17)2-1-3-12(13)15/h1-6,17H,7-8H2. The van der Waals surface area contributed by atoms with E-state index >= 15 is 0 Å². The van der Waals surface area contributed by atoms with E-state index in [0.717, 1.165) is 10.0 Å². The Morgan fingerprint density at radius 3 is 2.89 bits per heavy atom. The minimum absolute atomic E-state index is 0.0833. The molecule has 0 amide bonds. The molecule has 0 bridgehead atoms. The Balaban J connectivity index is 2.15. The highest BCUT2D eigenvalue weighted by atomic mass is 79.9. The highest BCUT2D eigenvalue weighted by Crippen LogP contribution is 2.24. The zero-order valence-electron chi connectivity index (χ0n) is 9.44. The molecule has 1 N–H and O–H groups in total. The highest BCUT2D eigenvalue weighted by molar-refractivity contribution is 9.10. The summed E-state index contributed by atoms with van der Waals surface area (Å²) in [5, 5.41) is 9.12. The van der Waals surface area contributed by atoms with E-state index in [-0.39, 0.29) is 19.0 Å². The summed E-state index contributed by atoms with van der Waals surface area (Å²) in [6.45, 7) is -0.0653. The van der Waals surface area contributed by atoms with E-state index in [0.29, 0.717) is 5.56 Å². The second-order valence-corrected chi connectivity index (χ2v) is 4.60. The lowest BCUT2D eigenvalue weighted by Crippen LogP contribution is -2.01. The lowest BCUT2D eigenvalue weighted by Gasteiger charge is -2.10. The average Bonchev–Trinajstić information content (AvgIpc) is 2.37. The Hall–Kier alpha value is -1.46. The molecule has 0 spiro atoms. The lowest BCUT2D eigenvalue weighted by molar-refractivity contribution is 0.251. The first-order valence-corrected chi connectivity index (χ1v) is 6.10. The Morgan fingerprint density at radius 1 is 1.33 bits per heavy atom. The zero-order valence-corrected chi connectivity index (χ0v) is 11.0. The molecule has 3 nitrogen and oxygen atoms in total. The number of benzene rings is 1. The number of ether oxygens (including phenoxy) is 1. The van der Waals surface area contributed by atoms with E-state index < -0.39 is 5.82 Å². The molecule has 2 rings (SSSR count). The molecule has 0 saturated carbocycles. The van der Waals surface area contributed by atoms with E-state index in [1.807, 2.05) is 6.07 Å². The van der Waals surface area contributed by atoms with Crippen molar-refractivity contribution in [2.45, 2.75) is 13.2 Å². The van der Waals surface area contributed by atoms with Crippen LogP contribution >= 0.6 is 15.9 Å². The fourth-order valence-electron chi connectivity index (χ4n) is 1.53. The van der Waals surface area contributed by atoms with Crippen molar-refractivity contribution >= 4 is 15.9 Å². The summed E-state index contributed by atoms with van der Waals surface area (Å²) in [5.41, 5.74) is 1.24. The fraction of sp³-hybridized carbons (Fsp3) is 0.154. The third kappa shape index (κ3) is 3.05. The third-order valence-corrected chi connectivity index (χ3v) is 2.80. The molecule has 0 fully saturated rings. The number of aromatic nitrogens is 1. The molecule has 0 radical (unpaired) electrons. The number of pyridine rings is 1. The third-order valence-electron chi connectivity index (χ3n) is 2.36. The van der Waals surface area contributed by atoms with Gasteiger partial charge in [-0.25, -0.2) is 4.39 Å². The Labute approximate surface area is 112 Å². The van der Waals surface area contributed by atoms with E-state index in [4.69, 9.17) is 9.84 Å². The van der Waals surface area contributed by atoms with Gasteiger partial charge in [-0.1, -0.05) is 12.1 Å². The van der Waals surface area contributed by atoms with E-state index in [9.17, 15) is 4.39 Å². The van der Waals surface area contributed by atoms with Crippen LogP contribution in [-0.4, -0.2) is 10.1 Å². The first-order valence-electron chi connectivity index (χ1n) is 5.31. The van der Waals surface area contributed by atoms with Gasteiger partial charge in [-0.15, -0.1) is 0 Å². The van der Waals surface area contributed by atoms with Gasteiger partial charge in [0.15, 0.2) is 11.6 Å². The number of rotatable bonds is 4. The molecule has 1 aromatic heterocycles. The van der Waals surface area contributed by atoms with Gasteiger partial charge in [0.25, 0.3) is 0 Å².